The van der Waals surface area contributed by atoms with Gasteiger partial charge in [-0.15, -0.1) is 11.3 Å². The Morgan fingerprint density at radius 1 is 1.47 bits per heavy atom. The van der Waals surface area contributed by atoms with E-state index in [0.717, 1.165) is 12.1 Å². The number of likely N-dealkylation sites (tertiary alicyclic amines) is 1. The molecule has 0 amide bonds. The van der Waals surface area contributed by atoms with Crippen molar-refractivity contribution in [1.82, 2.24) is 4.90 Å². The number of hydrogen-bond donors (Lipinski definition) is 1. The lowest BCUT2D eigenvalue weighted by atomic mass is 9.84. The number of piperidine rings is 1. The van der Waals surface area contributed by atoms with Gasteiger partial charge in [0.1, 0.15) is 0 Å². The molecule has 3 heteroatoms. The molecule has 2 nitrogen and oxygen atoms in total. The summed E-state index contributed by atoms with van der Waals surface area (Å²) in [6, 6.07) is 2.19. The average molecular weight is 277 g/mol. The van der Waals surface area contributed by atoms with Crippen LogP contribution in [0.15, 0.2) is 11.4 Å². The standard InChI is InChI=1S/C16H23NOS/c1-16(2)7-5-8-17(13-16)11-15-10-14(12-19-15)6-3-4-9-18/h10,12,18H,4-5,7-9,11,13H2,1-2H3. The SMILES string of the molecule is CC1(C)CCCN(Cc2cc(C#CCCO)cs2)C1. The van der Waals surface area contributed by atoms with Crippen LogP contribution in [0.4, 0.5) is 0 Å². The summed E-state index contributed by atoms with van der Waals surface area (Å²) in [5.41, 5.74) is 1.55. The Bertz CT molecular complexity index is 467. The zero-order valence-corrected chi connectivity index (χ0v) is 12.7. The van der Waals surface area contributed by atoms with E-state index < -0.39 is 0 Å². The molecule has 0 radical (unpaired) electrons. The van der Waals surface area contributed by atoms with E-state index >= 15 is 0 Å². The van der Waals surface area contributed by atoms with Gasteiger partial charge in [0.05, 0.1) is 6.61 Å². The molecule has 0 bridgehead atoms. The molecular formula is C16H23NOS. The molecular weight excluding hydrogens is 254 g/mol. The average Bonchev–Trinajstić information content (AvgIpc) is 2.76. The maximum Gasteiger partial charge on any atom is 0.0540 e. The zero-order chi connectivity index (χ0) is 13.7. The summed E-state index contributed by atoms with van der Waals surface area (Å²) in [4.78, 5) is 3.95. The van der Waals surface area contributed by atoms with Crippen LogP contribution in [0.25, 0.3) is 0 Å². The molecule has 1 aromatic heterocycles. The molecule has 1 aliphatic heterocycles. The third kappa shape index (κ3) is 4.65. The first-order valence-electron chi connectivity index (χ1n) is 6.98. The van der Waals surface area contributed by atoms with Gasteiger partial charge in [-0.3, -0.25) is 4.90 Å². The van der Waals surface area contributed by atoms with Crippen molar-refractivity contribution >= 4 is 11.3 Å². The normalized spacial score (nSPS) is 18.9. The molecule has 1 saturated heterocycles. The van der Waals surface area contributed by atoms with E-state index in [1.807, 2.05) is 0 Å². The Labute approximate surface area is 120 Å². The van der Waals surface area contributed by atoms with Crippen molar-refractivity contribution < 1.29 is 5.11 Å². The maximum absolute atomic E-state index is 8.71. The molecule has 0 atom stereocenters. The van der Waals surface area contributed by atoms with Gasteiger partial charge >= 0.3 is 0 Å². The van der Waals surface area contributed by atoms with Crippen LogP contribution >= 0.6 is 11.3 Å². The largest absolute Gasteiger partial charge is 0.395 e. The molecule has 0 spiro atoms. The van der Waals surface area contributed by atoms with Gasteiger partial charge in [-0.25, -0.2) is 0 Å². The van der Waals surface area contributed by atoms with E-state index in [4.69, 9.17) is 5.11 Å². The van der Waals surface area contributed by atoms with E-state index in [-0.39, 0.29) is 6.61 Å². The number of nitrogens with zero attached hydrogens (tertiary/aromatic N) is 1. The maximum atomic E-state index is 8.71. The minimum atomic E-state index is 0.146. The van der Waals surface area contributed by atoms with E-state index in [2.05, 4.69) is 42.0 Å². The summed E-state index contributed by atoms with van der Waals surface area (Å²) >= 11 is 1.79. The third-order valence-corrected chi connectivity index (χ3v) is 4.40. The molecule has 104 valence electrons. The molecule has 19 heavy (non-hydrogen) atoms. The first-order valence-corrected chi connectivity index (χ1v) is 7.86. The lowest BCUT2D eigenvalue weighted by Gasteiger charge is -2.37. The van der Waals surface area contributed by atoms with Crippen molar-refractivity contribution in [3.63, 3.8) is 0 Å². The second-order valence-electron chi connectivity index (χ2n) is 6.06. The first-order chi connectivity index (χ1) is 9.09. The Hall–Kier alpha value is -0.820. The quantitative estimate of drug-likeness (QED) is 0.858. The van der Waals surface area contributed by atoms with Crippen LogP contribution in [-0.2, 0) is 6.54 Å². The molecule has 1 aliphatic rings. The zero-order valence-electron chi connectivity index (χ0n) is 11.9. The van der Waals surface area contributed by atoms with Crippen molar-refractivity contribution in [2.24, 2.45) is 5.41 Å². The monoisotopic (exact) mass is 277 g/mol. The van der Waals surface area contributed by atoms with Gasteiger partial charge in [-0.1, -0.05) is 25.7 Å². The lowest BCUT2D eigenvalue weighted by molar-refractivity contribution is 0.112. The van der Waals surface area contributed by atoms with Crippen molar-refractivity contribution in [2.45, 2.75) is 39.7 Å². The summed E-state index contributed by atoms with van der Waals surface area (Å²) in [7, 11) is 0. The molecule has 1 fully saturated rings. The highest BCUT2D eigenvalue weighted by Gasteiger charge is 2.26. The number of hydrogen-bond acceptors (Lipinski definition) is 3. The third-order valence-electron chi connectivity index (χ3n) is 3.48. The fourth-order valence-electron chi connectivity index (χ4n) is 2.65. The summed E-state index contributed by atoms with van der Waals surface area (Å²) in [5.74, 6) is 6.08. The number of aliphatic hydroxyl groups excluding tert-OH is 1. The highest BCUT2D eigenvalue weighted by atomic mass is 32.1. The predicted molar refractivity (Wildman–Crippen MR) is 81.2 cm³/mol. The van der Waals surface area contributed by atoms with Crippen LogP contribution in [0.3, 0.4) is 0 Å². The van der Waals surface area contributed by atoms with Crippen LogP contribution in [0.5, 0.6) is 0 Å². The van der Waals surface area contributed by atoms with E-state index in [1.54, 1.807) is 11.3 Å². The van der Waals surface area contributed by atoms with Gasteiger partial charge in [-0.2, -0.15) is 0 Å². The Kier molecular flexibility index (Phi) is 5.04. The second-order valence-corrected chi connectivity index (χ2v) is 7.05. The summed E-state index contributed by atoms with van der Waals surface area (Å²) < 4.78 is 0. The van der Waals surface area contributed by atoms with Crippen LogP contribution in [0.1, 0.15) is 43.6 Å². The highest BCUT2D eigenvalue weighted by Crippen LogP contribution is 2.29. The minimum absolute atomic E-state index is 0.146. The van der Waals surface area contributed by atoms with Gasteiger partial charge in [0.25, 0.3) is 0 Å². The Morgan fingerprint density at radius 2 is 2.32 bits per heavy atom. The molecule has 2 heterocycles. The fourth-order valence-corrected chi connectivity index (χ4v) is 3.51. The number of thiophene rings is 1. The van der Waals surface area contributed by atoms with Crippen LogP contribution in [0, 0.1) is 17.3 Å². The predicted octanol–water partition coefficient (Wildman–Crippen LogP) is 3.10. The highest BCUT2D eigenvalue weighted by molar-refractivity contribution is 7.10. The molecule has 2 rings (SSSR count). The van der Waals surface area contributed by atoms with Crippen LogP contribution in [-0.4, -0.2) is 29.7 Å². The van der Waals surface area contributed by atoms with E-state index in [0.29, 0.717) is 11.8 Å². The van der Waals surface area contributed by atoms with Crippen molar-refractivity contribution in [1.29, 1.82) is 0 Å². The topological polar surface area (TPSA) is 23.5 Å². The van der Waals surface area contributed by atoms with E-state index in [9.17, 15) is 0 Å². The summed E-state index contributed by atoms with van der Waals surface area (Å²) in [5, 5.41) is 10.8. The molecule has 0 aromatic carbocycles. The first kappa shape index (κ1) is 14.6. The van der Waals surface area contributed by atoms with Crippen LogP contribution < -0.4 is 0 Å². The molecule has 0 unspecified atom stereocenters. The van der Waals surface area contributed by atoms with E-state index in [1.165, 1.54) is 30.8 Å². The minimum Gasteiger partial charge on any atom is -0.395 e. The van der Waals surface area contributed by atoms with Crippen molar-refractivity contribution in [3.8, 4) is 11.8 Å². The lowest BCUT2D eigenvalue weighted by Crippen LogP contribution is -2.39. The van der Waals surface area contributed by atoms with Gasteiger partial charge in [-0.05, 0) is 30.9 Å². The van der Waals surface area contributed by atoms with Crippen LogP contribution in [0.2, 0.25) is 0 Å². The van der Waals surface area contributed by atoms with Gasteiger partial charge in [0.15, 0.2) is 0 Å². The molecule has 1 N–H and O–H groups in total. The smallest absolute Gasteiger partial charge is 0.0540 e. The Balaban J connectivity index is 1.91. The second kappa shape index (κ2) is 6.56. The van der Waals surface area contributed by atoms with Gasteiger partial charge in [0, 0.05) is 35.3 Å². The molecule has 0 saturated carbocycles. The Morgan fingerprint density at radius 3 is 3.05 bits per heavy atom. The molecule has 0 aliphatic carbocycles. The van der Waals surface area contributed by atoms with Crippen molar-refractivity contribution in [2.75, 3.05) is 19.7 Å². The van der Waals surface area contributed by atoms with Gasteiger partial charge < -0.3 is 5.11 Å². The number of rotatable bonds is 3. The fraction of sp³-hybridized carbons (Fsp3) is 0.625. The van der Waals surface area contributed by atoms with Crippen molar-refractivity contribution in [3.05, 3.63) is 21.9 Å². The molecule has 1 aromatic rings. The van der Waals surface area contributed by atoms with Gasteiger partial charge in [0.2, 0.25) is 0 Å². The number of aliphatic hydroxyl groups is 1. The summed E-state index contributed by atoms with van der Waals surface area (Å²) in [6.07, 6.45) is 3.21. The summed E-state index contributed by atoms with van der Waals surface area (Å²) in [6.45, 7) is 8.32.